The highest BCUT2D eigenvalue weighted by atomic mass is 16.1. The topological polar surface area (TPSA) is 17.1 Å². The van der Waals surface area contributed by atoms with Crippen LogP contribution in [0, 0.1) is 5.92 Å². The molecule has 242 valence electrons. The van der Waals surface area contributed by atoms with E-state index in [4.69, 9.17) is 0 Å². The Kier molecular flexibility index (Phi) is 5.42. The van der Waals surface area contributed by atoms with E-state index in [2.05, 4.69) is 182 Å². The zero-order chi connectivity index (χ0) is 34.2. The van der Waals surface area contributed by atoms with Crippen molar-refractivity contribution in [2.24, 2.45) is 5.92 Å². The molecule has 0 aliphatic heterocycles. The Hall–Kier alpha value is -6.31. The first-order chi connectivity index (χ1) is 25.7. The second-order valence-electron chi connectivity index (χ2n) is 15.0. The van der Waals surface area contributed by atoms with Crippen LogP contribution in [0.4, 0.5) is 0 Å². The summed E-state index contributed by atoms with van der Waals surface area (Å²) in [6.45, 7) is 0. The minimum Gasteiger partial charge on any atom is -0.289 e. The number of hydrogen-bond donors (Lipinski definition) is 0. The van der Waals surface area contributed by atoms with Gasteiger partial charge in [0, 0.05) is 23.0 Å². The van der Waals surface area contributed by atoms with E-state index >= 15 is 0 Å². The first-order valence-corrected chi connectivity index (χ1v) is 18.4. The van der Waals surface area contributed by atoms with Gasteiger partial charge in [0.2, 0.25) is 0 Å². The summed E-state index contributed by atoms with van der Waals surface area (Å²) in [5.41, 5.74) is 18.4. The van der Waals surface area contributed by atoms with Crippen molar-refractivity contribution in [3.05, 3.63) is 238 Å². The summed E-state index contributed by atoms with van der Waals surface area (Å²) in [4.78, 5) is 15.0. The second kappa shape index (κ2) is 9.93. The maximum Gasteiger partial charge on any atom is 0.193 e. The highest BCUT2D eigenvalue weighted by molar-refractivity contribution is 6.11. The van der Waals surface area contributed by atoms with Gasteiger partial charge in [-0.2, -0.15) is 0 Å². The number of rotatable bonds is 2. The van der Waals surface area contributed by atoms with Gasteiger partial charge in [0.1, 0.15) is 0 Å². The zero-order valence-corrected chi connectivity index (χ0v) is 28.4. The van der Waals surface area contributed by atoms with Crippen molar-refractivity contribution in [2.75, 3.05) is 0 Å². The van der Waals surface area contributed by atoms with Crippen LogP contribution >= 0.6 is 0 Å². The molecule has 1 nitrogen and oxygen atoms in total. The number of fused-ring (bicyclic) bond motifs is 20. The summed E-state index contributed by atoms with van der Waals surface area (Å²) in [6.07, 6.45) is 9.17. The molecule has 0 radical (unpaired) electrons. The summed E-state index contributed by atoms with van der Waals surface area (Å²) >= 11 is 0. The number of carbonyl (C=O) groups excluding carboxylic acids is 1. The Bertz CT molecular complexity index is 2730. The fraction of sp³-hybridized carbons (Fsp3) is 0.0784. The van der Waals surface area contributed by atoms with Crippen LogP contribution in [0.1, 0.15) is 66.3 Å². The number of hydrogen-bond acceptors (Lipinski definition) is 1. The largest absolute Gasteiger partial charge is 0.289 e. The maximum atomic E-state index is 15.0. The molecule has 3 atom stereocenters. The fourth-order valence-electron chi connectivity index (χ4n) is 11.1. The Morgan fingerprint density at radius 1 is 0.404 bits per heavy atom. The molecule has 5 aliphatic rings. The van der Waals surface area contributed by atoms with Crippen LogP contribution in [0.5, 0.6) is 0 Å². The zero-order valence-electron chi connectivity index (χ0n) is 28.4. The van der Waals surface area contributed by atoms with E-state index in [1.807, 2.05) is 0 Å². The predicted octanol–water partition coefficient (Wildman–Crippen LogP) is 11.4. The lowest BCUT2D eigenvalue weighted by molar-refractivity contribution is 0.103. The molecule has 5 aliphatic carbocycles. The molecule has 0 saturated heterocycles. The third-order valence-corrected chi connectivity index (χ3v) is 13.0. The Morgan fingerprint density at radius 3 is 1.46 bits per heavy atom. The molecule has 0 N–H and O–H groups in total. The fourth-order valence-corrected chi connectivity index (χ4v) is 11.1. The van der Waals surface area contributed by atoms with E-state index < -0.39 is 5.41 Å². The first-order valence-electron chi connectivity index (χ1n) is 18.4. The van der Waals surface area contributed by atoms with Crippen LogP contribution in [-0.4, -0.2) is 5.78 Å². The van der Waals surface area contributed by atoms with Gasteiger partial charge in [-0.15, -0.1) is 0 Å². The third-order valence-electron chi connectivity index (χ3n) is 13.0. The highest BCUT2D eigenvalue weighted by Crippen LogP contribution is 2.66. The minimum absolute atomic E-state index is 0.0595. The van der Waals surface area contributed by atoms with Gasteiger partial charge in [-0.3, -0.25) is 4.79 Å². The lowest BCUT2D eigenvalue weighted by atomic mass is 9.65. The van der Waals surface area contributed by atoms with E-state index in [0.29, 0.717) is 0 Å². The van der Waals surface area contributed by atoms with Gasteiger partial charge >= 0.3 is 0 Å². The summed E-state index contributed by atoms with van der Waals surface area (Å²) in [7, 11) is 0. The molecule has 0 bridgehead atoms. The molecule has 7 aromatic rings. The molecule has 0 aromatic heterocycles. The molecule has 52 heavy (non-hydrogen) atoms. The lowest BCUT2D eigenvalue weighted by Crippen LogP contribution is -2.33. The molecular weight excluding hydrogens is 629 g/mol. The molecule has 3 unspecified atom stereocenters. The summed E-state index contributed by atoms with van der Waals surface area (Å²) in [5, 5.41) is 0. The number of ketones is 1. The lowest BCUT2D eigenvalue weighted by Gasteiger charge is -2.36. The van der Waals surface area contributed by atoms with Crippen molar-refractivity contribution >= 4 is 5.78 Å². The van der Waals surface area contributed by atoms with Crippen LogP contribution in [-0.2, 0) is 10.8 Å². The van der Waals surface area contributed by atoms with Crippen molar-refractivity contribution in [3.8, 4) is 33.4 Å². The average Bonchev–Trinajstić information content (AvgIpc) is 3.89. The van der Waals surface area contributed by atoms with Gasteiger partial charge in [0.15, 0.2) is 5.78 Å². The van der Waals surface area contributed by atoms with E-state index in [0.717, 1.165) is 11.1 Å². The van der Waals surface area contributed by atoms with Crippen LogP contribution in [0.3, 0.4) is 0 Å². The molecular formula is C51H32O. The van der Waals surface area contributed by atoms with E-state index in [-0.39, 0.29) is 23.0 Å². The third kappa shape index (κ3) is 3.20. The predicted molar refractivity (Wildman–Crippen MR) is 209 cm³/mol. The smallest absolute Gasteiger partial charge is 0.193 e. The number of carbonyl (C=O) groups is 1. The van der Waals surface area contributed by atoms with Crippen molar-refractivity contribution < 1.29 is 4.79 Å². The van der Waals surface area contributed by atoms with Crippen LogP contribution in [0.25, 0.3) is 33.4 Å². The molecule has 2 spiro atoms. The molecule has 7 aromatic carbocycles. The average molecular weight is 661 g/mol. The Balaban J connectivity index is 1.06. The van der Waals surface area contributed by atoms with Crippen molar-refractivity contribution in [1.82, 2.24) is 0 Å². The van der Waals surface area contributed by atoms with Crippen LogP contribution in [0.2, 0.25) is 0 Å². The molecule has 0 saturated carbocycles. The van der Waals surface area contributed by atoms with Gasteiger partial charge in [-0.05, 0) is 90.0 Å². The van der Waals surface area contributed by atoms with E-state index in [1.165, 1.54) is 77.9 Å². The first kappa shape index (κ1) is 28.4. The quantitative estimate of drug-likeness (QED) is 0.169. The van der Waals surface area contributed by atoms with Gasteiger partial charge < -0.3 is 0 Å². The SMILES string of the molecule is O=C(c1ccc2c(c1)C1(c3ccccc3-c3ccccc31)c1ccccc1-2)c1ccc2c(c1)C1(c3ccccc3-2)c2ccccc2C2C=CC=CC21. The van der Waals surface area contributed by atoms with Gasteiger partial charge in [-0.25, -0.2) is 0 Å². The van der Waals surface area contributed by atoms with Gasteiger partial charge in [0.05, 0.1) is 10.8 Å². The second-order valence-corrected chi connectivity index (χ2v) is 15.0. The van der Waals surface area contributed by atoms with Crippen LogP contribution < -0.4 is 0 Å². The number of allylic oxidation sites excluding steroid dienone is 4. The van der Waals surface area contributed by atoms with Crippen molar-refractivity contribution in [2.45, 2.75) is 16.7 Å². The minimum atomic E-state index is -0.484. The molecule has 0 fully saturated rings. The van der Waals surface area contributed by atoms with Crippen molar-refractivity contribution in [3.63, 3.8) is 0 Å². The number of benzene rings is 7. The van der Waals surface area contributed by atoms with Crippen molar-refractivity contribution in [1.29, 1.82) is 0 Å². The molecule has 12 rings (SSSR count). The van der Waals surface area contributed by atoms with Crippen LogP contribution in [0.15, 0.2) is 182 Å². The Morgan fingerprint density at radius 2 is 0.846 bits per heavy atom. The Labute approximate surface area is 303 Å². The normalized spacial score (nSPS) is 20.8. The monoisotopic (exact) mass is 660 g/mol. The highest BCUT2D eigenvalue weighted by Gasteiger charge is 2.57. The van der Waals surface area contributed by atoms with E-state index in [1.54, 1.807) is 0 Å². The molecule has 0 heterocycles. The summed E-state index contributed by atoms with van der Waals surface area (Å²) in [6, 6.07) is 57.3. The standard InChI is InChI=1S/C51H32O/c52-49(31-25-27-39-37-17-5-11-23-45(37)50(47(39)29-31)41-19-7-1-13-33(41)34-14-2-8-20-42(34)50)32-26-28-40-38-18-6-12-24-46(38)51(48(40)30-32)43-21-9-3-15-35(43)36-16-4-10-22-44(36)51/h1-30,33,41H. The summed E-state index contributed by atoms with van der Waals surface area (Å²) < 4.78 is 0. The maximum absolute atomic E-state index is 15.0. The molecule has 1 heteroatoms. The van der Waals surface area contributed by atoms with Gasteiger partial charge in [-0.1, -0.05) is 170 Å². The van der Waals surface area contributed by atoms with Gasteiger partial charge in [0.25, 0.3) is 0 Å². The molecule has 0 amide bonds. The van der Waals surface area contributed by atoms with E-state index in [9.17, 15) is 4.79 Å². The summed E-state index contributed by atoms with van der Waals surface area (Å²) in [5.74, 6) is 0.569.